The van der Waals surface area contributed by atoms with Gasteiger partial charge in [0.2, 0.25) is 11.8 Å². The van der Waals surface area contributed by atoms with Crippen LogP contribution in [0, 0.1) is 5.41 Å². The molecule has 0 spiro atoms. The molecule has 1 aromatic rings. The number of carbonyl (C=O) groups is 3. The zero-order valence-corrected chi connectivity index (χ0v) is 14.6. The van der Waals surface area contributed by atoms with Crippen molar-refractivity contribution < 1.29 is 19.5 Å². The van der Waals surface area contributed by atoms with Gasteiger partial charge in [0.1, 0.15) is 12.1 Å². The summed E-state index contributed by atoms with van der Waals surface area (Å²) in [5.41, 5.74) is 0.631. The number of carboxylic acids is 1. The Morgan fingerprint density at radius 1 is 1.08 bits per heavy atom. The third-order valence-electron chi connectivity index (χ3n) is 3.36. The second-order valence-electron chi connectivity index (χ2n) is 7.12. The van der Waals surface area contributed by atoms with Gasteiger partial charge in [0.15, 0.2) is 0 Å². The van der Waals surface area contributed by atoms with Gasteiger partial charge in [-0.15, -0.1) is 0 Å². The first-order valence-electron chi connectivity index (χ1n) is 7.95. The first kappa shape index (κ1) is 19.7. The molecule has 132 valence electrons. The molecule has 0 bridgehead atoms. The van der Waals surface area contributed by atoms with E-state index in [1.807, 2.05) is 39.0 Å². The van der Waals surface area contributed by atoms with Gasteiger partial charge in [0.05, 0.1) is 0 Å². The summed E-state index contributed by atoms with van der Waals surface area (Å²) in [6, 6.07) is 7.23. The van der Waals surface area contributed by atoms with Crippen LogP contribution in [0.3, 0.4) is 0 Å². The summed E-state index contributed by atoms with van der Waals surface area (Å²) in [5.74, 6) is -1.86. The quantitative estimate of drug-likeness (QED) is 0.708. The molecular formula is C18H26N2O4. The van der Waals surface area contributed by atoms with E-state index in [1.165, 1.54) is 6.92 Å². The summed E-state index contributed by atoms with van der Waals surface area (Å²) in [4.78, 5) is 35.4. The number of amides is 2. The fourth-order valence-electron chi connectivity index (χ4n) is 2.19. The summed E-state index contributed by atoms with van der Waals surface area (Å²) in [6.45, 7) is 7.32. The molecule has 1 unspecified atom stereocenters. The minimum atomic E-state index is -1.11. The molecule has 0 aliphatic rings. The maximum Gasteiger partial charge on any atom is 0.326 e. The van der Waals surface area contributed by atoms with E-state index in [4.69, 9.17) is 0 Å². The number of benzene rings is 1. The van der Waals surface area contributed by atoms with E-state index in [9.17, 15) is 19.5 Å². The largest absolute Gasteiger partial charge is 0.480 e. The van der Waals surface area contributed by atoms with Gasteiger partial charge in [-0.25, -0.2) is 4.79 Å². The Bertz CT molecular complexity index is 578. The molecule has 0 aliphatic carbocycles. The van der Waals surface area contributed by atoms with Gasteiger partial charge in [-0.2, -0.15) is 0 Å². The third-order valence-corrected chi connectivity index (χ3v) is 3.36. The zero-order chi connectivity index (χ0) is 18.3. The molecule has 1 rings (SSSR count). The number of carboxylic acid groups (broad SMARTS) is 1. The summed E-state index contributed by atoms with van der Waals surface area (Å²) in [7, 11) is 0. The normalized spacial score (nSPS) is 13.7. The summed E-state index contributed by atoms with van der Waals surface area (Å²) >= 11 is 0. The molecular weight excluding hydrogens is 308 g/mol. The molecule has 2 amide bonds. The van der Waals surface area contributed by atoms with Crippen molar-refractivity contribution >= 4 is 17.8 Å². The van der Waals surface area contributed by atoms with E-state index in [0.29, 0.717) is 0 Å². The van der Waals surface area contributed by atoms with E-state index in [-0.39, 0.29) is 24.2 Å². The highest BCUT2D eigenvalue weighted by Crippen LogP contribution is 2.17. The lowest BCUT2D eigenvalue weighted by Gasteiger charge is -2.21. The first-order chi connectivity index (χ1) is 11.1. The second kappa shape index (κ2) is 8.47. The van der Waals surface area contributed by atoms with Crippen molar-refractivity contribution in [3.8, 4) is 0 Å². The molecule has 6 heteroatoms. The van der Waals surface area contributed by atoms with Gasteiger partial charge in [0.25, 0.3) is 0 Å². The van der Waals surface area contributed by atoms with Crippen molar-refractivity contribution in [1.82, 2.24) is 10.6 Å². The van der Waals surface area contributed by atoms with Gasteiger partial charge in [-0.3, -0.25) is 9.59 Å². The number of carbonyl (C=O) groups excluding carboxylic acids is 2. The summed E-state index contributed by atoms with van der Waals surface area (Å²) in [6.07, 6.45) is 0.474. The average molecular weight is 334 g/mol. The van der Waals surface area contributed by atoms with E-state index in [0.717, 1.165) is 5.56 Å². The van der Waals surface area contributed by atoms with Crippen LogP contribution in [0.25, 0.3) is 0 Å². The topological polar surface area (TPSA) is 95.5 Å². The molecule has 6 nitrogen and oxygen atoms in total. The molecule has 0 aromatic heterocycles. The Morgan fingerprint density at radius 2 is 1.67 bits per heavy atom. The Morgan fingerprint density at radius 3 is 2.17 bits per heavy atom. The molecule has 2 atom stereocenters. The lowest BCUT2D eigenvalue weighted by Crippen LogP contribution is -2.51. The Hall–Kier alpha value is -2.37. The number of hydrogen-bond donors (Lipinski definition) is 3. The fraction of sp³-hybridized carbons (Fsp3) is 0.500. The molecule has 0 aliphatic heterocycles. The lowest BCUT2D eigenvalue weighted by molar-refractivity contribution is -0.142. The Labute approximate surface area is 142 Å². The Kier molecular flexibility index (Phi) is 6.95. The second-order valence-corrected chi connectivity index (χ2v) is 7.12. The molecule has 0 saturated carbocycles. The number of nitrogens with one attached hydrogen (secondary N) is 2. The van der Waals surface area contributed by atoms with Crippen LogP contribution in [-0.2, 0) is 20.8 Å². The molecule has 1 aromatic carbocycles. The third kappa shape index (κ3) is 7.26. The van der Waals surface area contributed by atoms with Crippen LogP contribution in [0.5, 0.6) is 0 Å². The molecule has 24 heavy (non-hydrogen) atoms. The smallest absolute Gasteiger partial charge is 0.326 e. The summed E-state index contributed by atoms with van der Waals surface area (Å²) in [5, 5.41) is 14.4. The molecule has 0 fully saturated rings. The van der Waals surface area contributed by atoms with E-state index in [2.05, 4.69) is 10.6 Å². The SMILES string of the molecule is CC(NC(=O)CC(C)(C)C)C(=O)N[C@@H](Cc1ccccc1)C(=O)O. The highest BCUT2D eigenvalue weighted by atomic mass is 16.4. The predicted octanol–water partition coefficient (Wildman–Crippen LogP) is 1.74. The van der Waals surface area contributed by atoms with E-state index in [1.54, 1.807) is 12.1 Å². The van der Waals surface area contributed by atoms with Crippen LogP contribution in [0.4, 0.5) is 0 Å². The maximum atomic E-state index is 12.2. The highest BCUT2D eigenvalue weighted by molar-refractivity contribution is 5.90. The minimum absolute atomic E-state index is 0.183. The van der Waals surface area contributed by atoms with E-state index >= 15 is 0 Å². The number of rotatable bonds is 7. The first-order valence-corrected chi connectivity index (χ1v) is 7.95. The number of aliphatic carboxylic acids is 1. The van der Waals surface area contributed by atoms with Crippen molar-refractivity contribution in [2.75, 3.05) is 0 Å². The van der Waals surface area contributed by atoms with Gasteiger partial charge in [-0.05, 0) is 17.9 Å². The van der Waals surface area contributed by atoms with Crippen LogP contribution in [0.15, 0.2) is 30.3 Å². The van der Waals surface area contributed by atoms with Crippen molar-refractivity contribution in [1.29, 1.82) is 0 Å². The lowest BCUT2D eigenvalue weighted by atomic mass is 9.92. The maximum absolute atomic E-state index is 12.2. The standard InChI is InChI=1S/C18H26N2O4/c1-12(19-15(21)11-18(2,3)4)16(22)20-14(17(23)24)10-13-8-6-5-7-9-13/h5-9,12,14H,10-11H2,1-4H3,(H,19,21)(H,20,22)(H,23,24)/t12?,14-/m0/s1. The fourth-order valence-corrected chi connectivity index (χ4v) is 2.19. The van der Waals surface area contributed by atoms with Crippen molar-refractivity contribution in [3.63, 3.8) is 0 Å². The monoisotopic (exact) mass is 334 g/mol. The van der Waals surface area contributed by atoms with Crippen molar-refractivity contribution in [3.05, 3.63) is 35.9 Å². The van der Waals surface area contributed by atoms with Crippen LogP contribution in [0.1, 0.15) is 39.7 Å². The molecule has 0 radical (unpaired) electrons. The zero-order valence-electron chi connectivity index (χ0n) is 14.6. The van der Waals surface area contributed by atoms with Gasteiger partial charge in [0, 0.05) is 12.8 Å². The van der Waals surface area contributed by atoms with Crippen LogP contribution < -0.4 is 10.6 Å². The van der Waals surface area contributed by atoms with Gasteiger partial charge in [-0.1, -0.05) is 51.1 Å². The summed E-state index contributed by atoms with van der Waals surface area (Å²) < 4.78 is 0. The van der Waals surface area contributed by atoms with Crippen LogP contribution in [0.2, 0.25) is 0 Å². The molecule has 0 heterocycles. The van der Waals surface area contributed by atoms with Gasteiger partial charge >= 0.3 is 5.97 Å². The van der Waals surface area contributed by atoms with Crippen LogP contribution in [-0.4, -0.2) is 35.0 Å². The van der Waals surface area contributed by atoms with Gasteiger partial charge < -0.3 is 15.7 Å². The van der Waals surface area contributed by atoms with E-state index < -0.39 is 24.0 Å². The van der Waals surface area contributed by atoms with Crippen molar-refractivity contribution in [2.24, 2.45) is 5.41 Å². The minimum Gasteiger partial charge on any atom is -0.480 e. The average Bonchev–Trinajstić information content (AvgIpc) is 2.45. The predicted molar refractivity (Wildman–Crippen MR) is 91.4 cm³/mol. The number of hydrogen-bond acceptors (Lipinski definition) is 3. The molecule has 3 N–H and O–H groups in total. The van der Waals surface area contributed by atoms with Crippen molar-refractivity contribution in [2.45, 2.75) is 52.6 Å². The Balaban J connectivity index is 2.61. The highest BCUT2D eigenvalue weighted by Gasteiger charge is 2.25. The molecule has 0 saturated heterocycles. The van der Waals surface area contributed by atoms with Crippen LogP contribution >= 0.6 is 0 Å².